The highest BCUT2D eigenvalue weighted by Gasteiger charge is 2.31. The van der Waals surface area contributed by atoms with E-state index in [2.05, 4.69) is 5.32 Å². The Hall–Kier alpha value is -3.47. The zero-order chi connectivity index (χ0) is 25.2. The Morgan fingerprint density at radius 2 is 1.37 bits per heavy atom. The van der Waals surface area contributed by atoms with Crippen molar-refractivity contribution in [1.82, 2.24) is 10.2 Å². The predicted molar refractivity (Wildman–Crippen MR) is 138 cm³/mol. The fourth-order valence-corrected chi connectivity index (χ4v) is 4.24. The molecule has 4 nitrogen and oxygen atoms in total. The van der Waals surface area contributed by atoms with E-state index in [-0.39, 0.29) is 42.6 Å². The van der Waals surface area contributed by atoms with Gasteiger partial charge in [0.2, 0.25) is 11.8 Å². The van der Waals surface area contributed by atoms with Gasteiger partial charge in [-0.1, -0.05) is 86.6 Å². The summed E-state index contributed by atoms with van der Waals surface area (Å²) in [4.78, 5) is 28.8. The fraction of sp³-hybridized carbons (Fsp3) is 0.333. The van der Waals surface area contributed by atoms with Gasteiger partial charge in [-0.15, -0.1) is 0 Å². The SMILES string of the molecule is CC[C@H](C(=O)N[C@@H](C)CC)N(Cc1ccc(F)cc1)C(=O)CC(c1ccccc1)c1ccccc1. The topological polar surface area (TPSA) is 49.4 Å². The Morgan fingerprint density at radius 3 is 1.86 bits per heavy atom. The molecule has 2 amide bonds. The average Bonchev–Trinajstić information content (AvgIpc) is 2.89. The molecule has 3 aromatic rings. The molecule has 0 spiro atoms. The van der Waals surface area contributed by atoms with Crippen molar-refractivity contribution in [1.29, 1.82) is 0 Å². The van der Waals surface area contributed by atoms with Gasteiger partial charge in [-0.3, -0.25) is 9.59 Å². The number of halogens is 1. The van der Waals surface area contributed by atoms with E-state index >= 15 is 0 Å². The normalized spacial score (nSPS) is 12.7. The number of nitrogens with one attached hydrogen (secondary N) is 1. The zero-order valence-corrected chi connectivity index (χ0v) is 20.8. The van der Waals surface area contributed by atoms with Crippen LogP contribution in [0.3, 0.4) is 0 Å². The Kier molecular flexibility index (Phi) is 9.59. The lowest BCUT2D eigenvalue weighted by atomic mass is 9.88. The number of nitrogens with zero attached hydrogens (tertiary/aromatic N) is 1. The molecule has 0 heterocycles. The zero-order valence-electron chi connectivity index (χ0n) is 20.8. The largest absolute Gasteiger partial charge is 0.352 e. The molecule has 0 fully saturated rings. The number of hydrogen-bond acceptors (Lipinski definition) is 2. The molecule has 0 radical (unpaired) electrons. The van der Waals surface area contributed by atoms with E-state index in [9.17, 15) is 14.0 Å². The standard InChI is InChI=1S/C30H35FN2O2/c1-4-22(3)32-30(35)28(5-2)33(21-23-16-18-26(31)19-17-23)29(34)20-27(24-12-8-6-9-13-24)25-14-10-7-11-15-25/h6-19,22,27-28H,4-5,20-21H2,1-3H3,(H,32,35)/t22-,28+/m0/s1. The third-order valence-corrected chi connectivity index (χ3v) is 6.44. The van der Waals surface area contributed by atoms with Crippen LogP contribution in [0.15, 0.2) is 84.9 Å². The molecule has 1 N–H and O–H groups in total. The number of carbonyl (C=O) groups excluding carboxylic acids is 2. The van der Waals surface area contributed by atoms with Crippen LogP contribution in [0.25, 0.3) is 0 Å². The van der Waals surface area contributed by atoms with Crippen molar-refractivity contribution in [2.45, 2.75) is 64.6 Å². The minimum absolute atomic E-state index is 0.0145. The fourth-order valence-electron chi connectivity index (χ4n) is 4.24. The van der Waals surface area contributed by atoms with Crippen molar-refractivity contribution in [3.63, 3.8) is 0 Å². The molecular formula is C30H35FN2O2. The summed E-state index contributed by atoms with van der Waals surface area (Å²) in [6.07, 6.45) is 1.51. The van der Waals surface area contributed by atoms with Crippen LogP contribution < -0.4 is 5.32 Å². The van der Waals surface area contributed by atoms with Crippen molar-refractivity contribution >= 4 is 11.8 Å². The van der Waals surface area contributed by atoms with Gasteiger partial charge in [-0.2, -0.15) is 0 Å². The van der Waals surface area contributed by atoms with Crippen LogP contribution in [0.4, 0.5) is 4.39 Å². The molecule has 0 bridgehead atoms. The Balaban J connectivity index is 1.94. The summed E-state index contributed by atoms with van der Waals surface area (Å²) in [5.74, 6) is -0.747. The Labute approximate surface area is 208 Å². The highest BCUT2D eigenvalue weighted by molar-refractivity contribution is 5.88. The average molecular weight is 475 g/mol. The summed E-state index contributed by atoms with van der Waals surface area (Å²) in [5, 5.41) is 3.03. The third kappa shape index (κ3) is 7.25. The molecule has 2 atom stereocenters. The van der Waals surface area contributed by atoms with E-state index in [1.54, 1.807) is 17.0 Å². The first kappa shape index (κ1) is 26.1. The van der Waals surface area contributed by atoms with Crippen LogP contribution in [0.5, 0.6) is 0 Å². The van der Waals surface area contributed by atoms with Crippen LogP contribution >= 0.6 is 0 Å². The molecule has 5 heteroatoms. The van der Waals surface area contributed by atoms with Gasteiger partial charge in [0, 0.05) is 24.9 Å². The van der Waals surface area contributed by atoms with Gasteiger partial charge in [0.15, 0.2) is 0 Å². The Morgan fingerprint density at radius 1 is 0.829 bits per heavy atom. The summed E-state index contributed by atoms with van der Waals surface area (Å²) in [6, 6.07) is 25.4. The molecule has 0 saturated heterocycles. The van der Waals surface area contributed by atoms with Crippen molar-refractivity contribution in [2.75, 3.05) is 0 Å². The number of carbonyl (C=O) groups is 2. The van der Waals surface area contributed by atoms with E-state index in [0.29, 0.717) is 6.42 Å². The summed E-state index contributed by atoms with van der Waals surface area (Å²) < 4.78 is 13.5. The minimum Gasteiger partial charge on any atom is -0.352 e. The Bertz CT molecular complexity index is 1030. The van der Waals surface area contributed by atoms with Crippen LogP contribution in [0, 0.1) is 5.82 Å². The van der Waals surface area contributed by atoms with Crippen LogP contribution in [0.1, 0.15) is 62.6 Å². The highest BCUT2D eigenvalue weighted by atomic mass is 19.1. The lowest BCUT2D eigenvalue weighted by Crippen LogP contribution is -2.51. The molecule has 35 heavy (non-hydrogen) atoms. The first-order valence-electron chi connectivity index (χ1n) is 12.4. The number of hydrogen-bond donors (Lipinski definition) is 1. The lowest BCUT2D eigenvalue weighted by molar-refractivity contribution is -0.141. The molecule has 0 saturated carbocycles. The lowest BCUT2D eigenvalue weighted by Gasteiger charge is -2.33. The van der Waals surface area contributed by atoms with Gasteiger partial charge >= 0.3 is 0 Å². The first-order valence-corrected chi connectivity index (χ1v) is 12.4. The minimum atomic E-state index is -0.617. The second-order valence-corrected chi connectivity index (χ2v) is 8.97. The van der Waals surface area contributed by atoms with Crippen molar-refractivity contribution < 1.29 is 14.0 Å². The second-order valence-electron chi connectivity index (χ2n) is 8.97. The molecule has 0 aliphatic rings. The van der Waals surface area contributed by atoms with Crippen molar-refractivity contribution in [2.24, 2.45) is 0 Å². The van der Waals surface area contributed by atoms with E-state index in [1.165, 1.54) is 12.1 Å². The van der Waals surface area contributed by atoms with Gasteiger partial charge in [0.25, 0.3) is 0 Å². The van der Waals surface area contributed by atoms with Gasteiger partial charge in [0.1, 0.15) is 11.9 Å². The van der Waals surface area contributed by atoms with Gasteiger partial charge < -0.3 is 10.2 Å². The van der Waals surface area contributed by atoms with Gasteiger partial charge in [0.05, 0.1) is 0 Å². The maximum Gasteiger partial charge on any atom is 0.243 e. The summed E-state index contributed by atoms with van der Waals surface area (Å²) in [6.45, 7) is 6.12. The number of benzene rings is 3. The van der Waals surface area contributed by atoms with E-state index in [1.807, 2.05) is 81.4 Å². The van der Waals surface area contributed by atoms with Crippen LogP contribution in [0.2, 0.25) is 0 Å². The molecule has 0 aromatic heterocycles. The van der Waals surface area contributed by atoms with E-state index in [0.717, 1.165) is 23.1 Å². The quantitative estimate of drug-likeness (QED) is 0.367. The molecule has 3 rings (SSSR count). The summed E-state index contributed by atoms with van der Waals surface area (Å²) >= 11 is 0. The summed E-state index contributed by atoms with van der Waals surface area (Å²) in [5.41, 5.74) is 2.88. The third-order valence-electron chi connectivity index (χ3n) is 6.44. The molecule has 0 aliphatic heterocycles. The van der Waals surface area contributed by atoms with Crippen LogP contribution in [-0.2, 0) is 16.1 Å². The molecule has 0 aliphatic carbocycles. The van der Waals surface area contributed by atoms with Gasteiger partial charge in [-0.05, 0) is 48.6 Å². The second kappa shape index (κ2) is 12.8. The molecular weight excluding hydrogens is 439 g/mol. The summed E-state index contributed by atoms with van der Waals surface area (Å²) in [7, 11) is 0. The highest BCUT2D eigenvalue weighted by Crippen LogP contribution is 2.29. The van der Waals surface area contributed by atoms with Crippen LogP contribution in [-0.4, -0.2) is 28.8 Å². The van der Waals surface area contributed by atoms with Gasteiger partial charge in [-0.25, -0.2) is 4.39 Å². The predicted octanol–water partition coefficient (Wildman–Crippen LogP) is 6.07. The molecule has 0 unspecified atom stereocenters. The maximum absolute atomic E-state index is 13.9. The van der Waals surface area contributed by atoms with Crippen molar-refractivity contribution in [3.05, 3.63) is 107 Å². The molecule has 184 valence electrons. The maximum atomic E-state index is 13.9. The number of amides is 2. The monoisotopic (exact) mass is 474 g/mol. The number of rotatable bonds is 11. The molecule has 3 aromatic carbocycles. The first-order chi connectivity index (χ1) is 16.9. The smallest absolute Gasteiger partial charge is 0.243 e. The van der Waals surface area contributed by atoms with Crippen molar-refractivity contribution in [3.8, 4) is 0 Å². The van der Waals surface area contributed by atoms with E-state index in [4.69, 9.17) is 0 Å². The van der Waals surface area contributed by atoms with E-state index < -0.39 is 6.04 Å².